The molecule has 0 fully saturated rings. The van der Waals surface area contributed by atoms with Crippen LogP contribution in [0.4, 0.5) is 11.4 Å². The molecule has 2 aromatic carbocycles. The van der Waals surface area contributed by atoms with Gasteiger partial charge in [-0.2, -0.15) is 4.31 Å². The number of rotatable bonds is 6. The third-order valence-electron chi connectivity index (χ3n) is 3.66. The van der Waals surface area contributed by atoms with Crippen LogP contribution in [-0.4, -0.2) is 37.1 Å². The highest BCUT2D eigenvalue weighted by molar-refractivity contribution is 7.89. The number of anilines is 1. The van der Waals surface area contributed by atoms with E-state index in [9.17, 15) is 23.3 Å². The van der Waals surface area contributed by atoms with Gasteiger partial charge in [0.25, 0.3) is 5.69 Å². The van der Waals surface area contributed by atoms with Gasteiger partial charge in [-0.15, -0.1) is 0 Å². The van der Waals surface area contributed by atoms with Crippen molar-refractivity contribution in [3.63, 3.8) is 0 Å². The fourth-order valence-corrected chi connectivity index (χ4v) is 3.47. The lowest BCUT2D eigenvalue weighted by atomic mass is 10.1. The van der Waals surface area contributed by atoms with E-state index in [0.717, 1.165) is 4.31 Å². The summed E-state index contributed by atoms with van der Waals surface area (Å²) in [7, 11) is -2.60. The van der Waals surface area contributed by atoms with Crippen molar-refractivity contribution >= 4 is 38.9 Å². The molecule has 0 aliphatic heterocycles. The van der Waals surface area contributed by atoms with Crippen LogP contribution in [-0.2, 0) is 14.8 Å². The number of hydrogen-bond acceptors (Lipinski definition) is 5. The Bertz CT molecular complexity index is 945. The van der Waals surface area contributed by atoms with Gasteiger partial charge in [-0.25, -0.2) is 8.42 Å². The van der Waals surface area contributed by atoms with E-state index in [2.05, 4.69) is 5.32 Å². The molecule has 0 saturated carbocycles. The minimum Gasteiger partial charge on any atom is -0.324 e. The number of benzene rings is 2. The molecule has 0 heterocycles. The number of likely N-dealkylation sites (N-methyl/N-ethyl adjacent to an activating group) is 1. The van der Waals surface area contributed by atoms with Gasteiger partial charge in [0.1, 0.15) is 0 Å². The van der Waals surface area contributed by atoms with Crippen LogP contribution in [0.3, 0.4) is 0 Å². The molecule has 26 heavy (non-hydrogen) atoms. The van der Waals surface area contributed by atoms with Crippen molar-refractivity contribution in [3.8, 4) is 0 Å². The highest BCUT2D eigenvalue weighted by Gasteiger charge is 2.23. The number of nitrogens with one attached hydrogen (secondary N) is 1. The maximum atomic E-state index is 12.5. The maximum absolute atomic E-state index is 12.5. The quantitative estimate of drug-likeness (QED) is 0.595. The van der Waals surface area contributed by atoms with E-state index in [1.807, 2.05) is 0 Å². The molecule has 2 aromatic rings. The first kappa shape index (κ1) is 19.8. The van der Waals surface area contributed by atoms with Gasteiger partial charge in [0, 0.05) is 18.1 Å². The molecule has 138 valence electrons. The molecule has 0 aromatic heterocycles. The number of carbonyl (C=O) groups excluding carboxylic acids is 1. The predicted molar refractivity (Wildman–Crippen MR) is 97.7 cm³/mol. The summed E-state index contributed by atoms with van der Waals surface area (Å²) in [5.41, 5.74) is 0.403. The van der Waals surface area contributed by atoms with Crippen molar-refractivity contribution < 1.29 is 18.1 Å². The summed E-state index contributed by atoms with van der Waals surface area (Å²) in [4.78, 5) is 22.6. The first-order valence-corrected chi connectivity index (χ1v) is 9.20. The van der Waals surface area contributed by atoms with Gasteiger partial charge in [0.15, 0.2) is 0 Å². The predicted octanol–water partition coefficient (Wildman–Crippen LogP) is 2.82. The van der Waals surface area contributed by atoms with E-state index < -0.39 is 27.4 Å². The molecular formula is C16H16ClN3O5S. The number of nitro benzene ring substituents is 1. The van der Waals surface area contributed by atoms with Crippen LogP contribution in [0.15, 0.2) is 47.4 Å². The Balaban J connectivity index is 2.14. The molecule has 0 radical (unpaired) electrons. The third kappa shape index (κ3) is 4.37. The van der Waals surface area contributed by atoms with Gasteiger partial charge in [0.2, 0.25) is 15.9 Å². The average molecular weight is 398 g/mol. The summed E-state index contributed by atoms with van der Waals surface area (Å²) in [5.74, 6) is -0.617. The van der Waals surface area contributed by atoms with Crippen molar-refractivity contribution in [2.75, 3.05) is 18.9 Å². The largest absolute Gasteiger partial charge is 0.324 e. The molecule has 0 aliphatic carbocycles. The van der Waals surface area contributed by atoms with E-state index in [1.54, 1.807) is 0 Å². The van der Waals surface area contributed by atoms with E-state index in [1.165, 1.54) is 56.4 Å². The van der Waals surface area contributed by atoms with Crippen molar-refractivity contribution in [1.82, 2.24) is 4.31 Å². The van der Waals surface area contributed by atoms with Gasteiger partial charge >= 0.3 is 0 Å². The number of halogens is 1. The SMILES string of the molecule is Cc1c(NC(=O)CN(C)S(=O)(=O)c2ccc(Cl)cc2)cccc1[N+](=O)[O-]. The zero-order chi connectivity index (χ0) is 19.5. The minimum atomic E-state index is -3.87. The van der Waals surface area contributed by atoms with Crippen LogP contribution in [0, 0.1) is 17.0 Å². The molecule has 8 nitrogen and oxygen atoms in total. The molecule has 1 N–H and O–H groups in total. The topological polar surface area (TPSA) is 110 Å². The summed E-state index contributed by atoms with van der Waals surface area (Å²) in [6, 6.07) is 9.84. The molecule has 0 bridgehead atoms. The number of carbonyl (C=O) groups is 1. The number of sulfonamides is 1. The first-order chi connectivity index (χ1) is 12.1. The Morgan fingerprint density at radius 1 is 1.23 bits per heavy atom. The van der Waals surface area contributed by atoms with Gasteiger partial charge in [-0.05, 0) is 37.3 Å². The van der Waals surface area contributed by atoms with E-state index in [0.29, 0.717) is 5.02 Å². The van der Waals surface area contributed by atoms with Crippen molar-refractivity contribution in [2.45, 2.75) is 11.8 Å². The third-order valence-corrected chi connectivity index (χ3v) is 5.73. The fourth-order valence-electron chi connectivity index (χ4n) is 2.22. The second kappa shape index (κ2) is 7.81. The maximum Gasteiger partial charge on any atom is 0.274 e. The summed E-state index contributed by atoms with van der Waals surface area (Å²) < 4.78 is 25.8. The smallest absolute Gasteiger partial charge is 0.274 e. The molecule has 0 unspecified atom stereocenters. The molecule has 10 heteroatoms. The Kier molecular flexibility index (Phi) is 5.96. The number of nitrogens with zero attached hydrogens (tertiary/aromatic N) is 2. The summed E-state index contributed by atoms with van der Waals surface area (Å²) in [6.07, 6.45) is 0. The van der Waals surface area contributed by atoms with E-state index >= 15 is 0 Å². The molecule has 0 atom stereocenters. The van der Waals surface area contributed by atoms with Gasteiger partial charge in [-0.3, -0.25) is 14.9 Å². The van der Waals surface area contributed by atoms with Gasteiger partial charge in [-0.1, -0.05) is 17.7 Å². The second-order valence-electron chi connectivity index (χ2n) is 5.47. The van der Waals surface area contributed by atoms with Crippen molar-refractivity contribution in [1.29, 1.82) is 0 Å². The standard InChI is InChI=1S/C16H16ClN3O5S/c1-11-14(4-3-5-15(11)20(22)23)18-16(21)10-19(2)26(24,25)13-8-6-12(17)7-9-13/h3-9H,10H2,1-2H3,(H,18,21). The lowest BCUT2D eigenvalue weighted by molar-refractivity contribution is -0.385. The van der Waals surface area contributed by atoms with Crippen LogP contribution in [0.2, 0.25) is 5.02 Å². The monoisotopic (exact) mass is 397 g/mol. The highest BCUT2D eigenvalue weighted by atomic mass is 35.5. The van der Waals surface area contributed by atoms with Gasteiger partial charge < -0.3 is 5.32 Å². The Hall–Kier alpha value is -2.49. The molecule has 0 saturated heterocycles. The van der Waals surface area contributed by atoms with Crippen LogP contribution in [0.25, 0.3) is 0 Å². The second-order valence-corrected chi connectivity index (χ2v) is 7.95. The average Bonchev–Trinajstić information content (AvgIpc) is 2.56. The van der Waals surface area contributed by atoms with Crippen LogP contribution >= 0.6 is 11.6 Å². The molecule has 1 amide bonds. The minimum absolute atomic E-state index is 0.00345. The lowest BCUT2D eigenvalue weighted by Crippen LogP contribution is -2.35. The molecule has 0 aliphatic rings. The van der Waals surface area contributed by atoms with E-state index in [4.69, 9.17) is 11.6 Å². The summed E-state index contributed by atoms with van der Waals surface area (Å²) in [5, 5.41) is 13.8. The zero-order valence-electron chi connectivity index (χ0n) is 14.0. The zero-order valence-corrected chi connectivity index (χ0v) is 15.5. The normalized spacial score (nSPS) is 11.4. The highest BCUT2D eigenvalue weighted by Crippen LogP contribution is 2.25. The van der Waals surface area contributed by atoms with E-state index in [-0.39, 0.29) is 21.8 Å². The Morgan fingerprint density at radius 2 is 1.85 bits per heavy atom. The number of nitro groups is 1. The summed E-state index contributed by atoms with van der Waals surface area (Å²) >= 11 is 5.75. The molecular weight excluding hydrogens is 382 g/mol. The summed E-state index contributed by atoms with van der Waals surface area (Å²) in [6.45, 7) is 1.05. The lowest BCUT2D eigenvalue weighted by Gasteiger charge is -2.17. The Labute approximate surface area is 155 Å². The first-order valence-electron chi connectivity index (χ1n) is 7.38. The van der Waals surface area contributed by atoms with Crippen molar-refractivity contribution in [3.05, 3.63) is 63.2 Å². The number of hydrogen-bond donors (Lipinski definition) is 1. The van der Waals surface area contributed by atoms with Crippen LogP contribution < -0.4 is 5.32 Å². The van der Waals surface area contributed by atoms with Crippen LogP contribution in [0.1, 0.15) is 5.56 Å². The number of amides is 1. The Morgan fingerprint density at radius 3 is 2.42 bits per heavy atom. The molecule has 0 spiro atoms. The van der Waals surface area contributed by atoms with Gasteiger partial charge in [0.05, 0.1) is 27.6 Å². The fraction of sp³-hybridized carbons (Fsp3) is 0.188. The molecule has 2 rings (SSSR count). The van der Waals surface area contributed by atoms with Crippen molar-refractivity contribution in [2.24, 2.45) is 0 Å². The van der Waals surface area contributed by atoms with Crippen LogP contribution in [0.5, 0.6) is 0 Å².